The minimum absolute atomic E-state index is 0.210. The maximum Gasteiger partial charge on any atom is 0.224 e. The highest BCUT2D eigenvalue weighted by molar-refractivity contribution is 5.76. The van der Waals surface area contributed by atoms with Gasteiger partial charge in [0.15, 0.2) is 0 Å². The third-order valence-electron chi connectivity index (χ3n) is 4.71. The lowest BCUT2D eigenvalue weighted by Gasteiger charge is -2.23. The SMILES string of the molecule is C[C@H](CC(=O)N1CCCN(Cc2cnn(C)c2)CC1)n1cccc1. The summed E-state index contributed by atoms with van der Waals surface area (Å²) in [6.07, 6.45) is 9.63. The molecule has 1 amide bonds. The number of rotatable bonds is 5. The Bertz CT molecular complexity index is 648. The Kier molecular flexibility index (Phi) is 5.35. The molecule has 0 unspecified atom stereocenters. The van der Waals surface area contributed by atoms with Gasteiger partial charge in [-0.25, -0.2) is 0 Å². The standard InChI is InChI=1S/C18H27N5O/c1-16(22-7-3-4-8-22)12-18(24)23-9-5-6-21(10-11-23)15-17-13-19-20(2)14-17/h3-4,7-8,13-14,16H,5-6,9-12,15H2,1-2H3/t16-/m1/s1. The van der Waals surface area contributed by atoms with Gasteiger partial charge >= 0.3 is 0 Å². The van der Waals surface area contributed by atoms with E-state index in [1.807, 2.05) is 47.4 Å². The van der Waals surface area contributed by atoms with Gasteiger partial charge in [0.05, 0.1) is 6.20 Å². The van der Waals surface area contributed by atoms with Crippen molar-refractivity contribution in [2.75, 3.05) is 26.2 Å². The molecule has 2 aromatic heterocycles. The minimum atomic E-state index is 0.210. The summed E-state index contributed by atoms with van der Waals surface area (Å²) in [6.45, 7) is 6.66. The number of carbonyl (C=O) groups is 1. The van der Waals surface area contributed by atoms with Crippen LogP contribution >= 0.6 is 0 Å². The fourth-order valence-electron chi connectivity index (χ4n) is 3.32. The first-order chi connectivity index (χ1) is 11.6. The molecule has 0 radical (unpaired) electrons. The van der Waals surface area contributed by atoms with Crippen LogP contribution in [0.2, 0.25) is 0 Å². The van der Waals surface area contributed by atoms with Crippen molar-refractivity contribution in [3.05, 3.63) is 42.5 Å². The third-order valence-corrected chi connectivity index (χ3v) is 4.71. The molecule has 3 rings (SSSR count). The van der Waals surface area contributed by atoms with Gasteiger partial charge in [0, 0.05) is 76.4 Å². The van der Waals surface area contributed by atoms with Gasteiger partial charge in [0.2, 0.25) is 5.91 Å². The molecule has 0 spiro atoms. The monoisotopic (exact) mass is 329 g/mol. The molecule has 0 aliphatic carbocycles. The van der Waals surface area contributed by atoms with Crippen LogP contribution in [0.15, 0.2) is 36.9 Å². The van der Waals surface area contributed by atoms with Crippen molar-refractivity contribution in [2.24, 2.45) is 7.05 Å². The minimum Gasteiger partial charge on any atom is -0.351 e. The molecule has 1 aliphatic rings. The molecule has 2 aromatic rings. The van der Waals surface area contributed by atoms with E-state index in [4.69, 9.17) is 0 Å². The molecule has 6 heteroatoms. The molecule has 0 aromatic carbocycles. The number of aryl methyl sites for hydroxylation is 1. The normalized spacial score (nSPS) is 17.7. The number of nitrogens with zero attached hydrogens (tertiary/aromatic N) is 5. The Morgan fingerprint density at radius 3 is 2.71 bits per heavy atom. The molecule has 0 saturated carbocycles. The second-order valence-corrected chi connectivity index (χ2v) is 6.72. The molecule has 1 saturated heterocycles. The van der Waals surface area contributed by atoms with E-state index in [-0.39, 0.29) is 11.9 Å². The Morgan fingerprint density at radius 2 is 2.00 bits per heavy atom. The molecule has 130 valence electrons. The summed E-state index contributed by atoms with van der Waals surface area (Å²) in [6, 6.07) is 4.22. The van der Waals surface area contributed by atoms with Crippen molar-refractivity contribution in [1.82, 2.24) is 24.1 Å². The molecule has 24 heavy (non-hydrogen) atoms. The second kappa shape index (κ2) is 7.66. The van der Waals surface area contributed by atoms with Crippen LogP contribution in [0.25, 0.3) is 0 Å². The van der Waals surface area contributed by atoms with E-state index < -0.39 is 0 Å². The fourth-order valence-corrected chi connectivity index (χ4v) is 3.32. The molecule has 1 atom stereocenters. The Labute approximate surface area is 143 Å². The Morgan fingerprint density at radius 1 is 1.21 bits per heavy atom. The molecule has 1 fully saturated rings. The topological polar surface area (TPSA) is 46.3 Å². The maximum atomic E-state index is 12.6. The molecule has 1 aliphatic heterocycles. The maximum absolute atomic E-state index is 12.6. The van der Waals surface area contributed by atoms with Gasteiger partial charge in [-0.2, -0.15) is 5.10 Å². The average Bonchev–Trinajstić information content (AvgIpc) is 3.16. The number of amides is 1. The quantitative estimate of drug-likeness (QED) is 0.842. The highest BCUT2D eigenvalue weighted by Gasteiger charge is 2.21. The Hall–Kier alpha value is -2.08. The van der Waals surface area contributed by atoms with Crippen molar-refractivity contribution in [3.63, 3.8) is 0 Å². The van der Waals surface area contributed by atoms with Crippen LogP contribution in [0.4, 0.5) is 0 Å². The largest absolute Gasteiger partial charge is 0.351 e. The van der Waals surface area contributed by atoms with Gasteiger partial charge in [0.25, 0.3) is 0 Å². The van der Waals surface area contributed by atoms with Gasteiger partial charge in [-0.05, 0) is 25.5 Å². The number of hydrogen-bond acceptors (Lipinski definition) is 3. The molecular weight excluding hydrogens is 302 g/mol. The Balaban J connectivity index is 1.50. The average molecular weight is 329 g/mol. The molecular formula is C18H27N5O. The van der Waals surface area contributed by atoms with Crippen LogP contribution < -0.4 is 0 Å². The van der Waals surface area contributed by atoms with Crippen LogP contribution in [0.1, 0.15) is 31.4 Å². The fraction of sp³-hybridized carbons (Fsp3) is 0.556. The van der Waals surface area contributed by atoms with Crippen LogP contribution in [-0.2, 0) is 18.4 Å². The van der Waals surface area contributed by atoms with Gasteiger partial charge in [0.1, 0.15) is 0 Å². The predicted molar refractivity (Wildman–Crippen MR) is 93.4 cm³/mol. The highest BCUT2D eigenvalue weighted by atomic mass is 16.2. The van der Waals surface area contributed by atoms with E-state index >= 15 is 0 Å². The first kappa shape index (κ1) is 16.8. The van der Waals surface area contributed by atoms with E-state index in [1.165, 1.54) is 5.56 Å². The number of carbonyl (C=O) groups excluding carboxylic acids is 1. The van der Waals surface area contributed by atoms with E-state index in [9.17, 15) is 4.79 Å². The molecule has 6 nitrogen and oxygen atoms in total. The zero-order valence-electron chi connectivity index (χ0n) is 14.6. The summed E-state index contributed by atoms with van der Waals surface area (Å²) < 4.78 is 3.94. The summed E-state index contributed by atoms with van der Waals surface area (Å²) in [7, 11) is 1.94. The zero-order valence-corrected chi connectivity index (χ0v) is 14.6. The predicted octanol–water partition coefficient (Wildman–Crippen LogP) is 1.91. The van der Waals surface area contributed by atoms with E-state index in [0.29, 0.717) is 6.42 Å². The van der Waals surface area contributed by atoms with Crippen molar-refractivity contribution in [1.29, 1.82) is 0 Å². The van der Waals surface area contributed by atoms with Crippen molar-refractivity contribution >= 4 is 5.91 Å². The summed E-state index contributed by atoms with van der Waals surface area (Å²) in [5.74, 6) is 0.263. The lowest BCUT2D eigenvalue weighted by atomic mass is 10.2. The van der Waals surface area contributed by atoms with E-state index in [1.54, 1.807) is 0 Å². The molecule has 3 heterocycles. The van der Waals surface area contributed by atoms with Gasteiger partial charge in [-0.15, -0.1) is 0 Å². The van der Waals surface area contributed by atoms with Gasteiger partial charge in [-0.3, -0.25) is 14.4 Å². The van der Waals surface area contributed by atoms with E-state index in [0.717, 1.165) is 39.1 Å². The smallest absolute Gasteiger partial charge is 0.224 e. The van der Waals surface area contributed by atoms with Crippen molar-refractivity contribution in [3.8, 4) is 0 Å². The first-order valence-corrected chi connectivity index (χ1v) is 8.72. The van der Waals surface area contributed by atoms with E-state index in [2.05, 4.69) is 27.7 Å². The number of aromatic nitrogens is 3. The third kappa shape index (κ3) is 4.26. The summed E-state index contributed by atoms with van der Waals surface area (Å²) >= 11 is 0. The van der Waals surface area contributed by atoms with Crippen LogP contribution in [0.5, 0.6) is 0 Å². The lowest BCUT2D eigenvalue weighted by molar-refractivity contribution is -0.131. The second-order valence-electron chi connectivity index (χ2n) is 6.72. The van der Waals surface area contributed by atoms with Crippen molar-refractivity contribution < 1.29 is 4.79 Å². The summed E-state index contributed by atoms with van der Waals surface area (Å²) in [4.78, 5) is 17.1. The number of hydrogen-bond donors (Lipinski definition) is 0. The summed E-state index contributed by atoms with van der Waals surface area (Å²) in [5.41, 5.74) is 1.23. The van der Waals surface area contributed by atoms with Crippen LogP contribution in [0.3, 0.4) is 0 Å². The zero-order chi connectivity index (χ0) is 16.9. The lowest BCUT2D eigenvalue weighted by Crippen LogP contribution is -2.36. The highest BCUT2D eigenvalue weighted by Crippen LogP contribution is 2.15. The first-order valence-electron chi connectivity index (χ1n) is 8.72. The van der Waals surface area contributed by atoms with Crippen LogP contribution in [-0.4, -0.2) is 56.2 Å². The molecule has 0 N–H and O–H groups in total. The van der Waals surface area contributed by atoms with Gasteiger partial charge < -0.3 is 9.47 Å². The van der Waals surface area contributed by atoms with Crippen LogP contribution in [0, 0.1) is 0 Å². The molecule has 0 bridgehead atoms. The summed E-state index contributed by atoms with van der Waals surface area (Å²) in [5, 5.41) is 4.23. The van der Waals surface area contributed by atoms with Gasteiger partial charge in [-0.1, -0.05) is 0 Å². The van der Waals surface area contributed by atoms with Crippen molar-refractivity contribution in [2.45, 2.75) is 32.4 Å².